The quantitative estimate of drug-likeness (QED) is 0.743. The Bertz CT molecular complexity index is 518. The Hall–Kier alpha value is -1.81. The summed E-state index contributed by atoms with van der Waals surface area (Å²) in [6, 6.07) is 7.98. The van der Waals surface area contributed by atoms with Crippen molar-refractivity contribution in [3.63, 3.8) is 0 Å². The number of nitrogens with one attached hydrogen (secondary N) is 2. The Labute approximate surface area is 100 Å². The van der Waals surface area contributed by atoms with Crippen molar-refractivity contribution in [1.29, 1.82) is 0 Å². The first-order chi connectivity index (χ1) is 8.24. The highest BCUT2D eigenvalue weighted by molar-refractivity contribution is 5.91. The normalized spacial score (nSPS) is 12.6. The lowest BCUT2D eigenvalue weighted by Crippen LogP contribution is -2.32. The minimum Gasteiger partial charge on any atom is -0.361 e. The van der Waals surface area contributed by atoms with Gasteiger partial charge < -0.3 is 16.0 Å². The maximum Gasteiger partial charge on any atom is 0.227 e. The van der Waals surface area contributed by atoms with Crippen LogP contribution in [0.5, 0.6) is 0 Å². The predicted octanol–water partition coefficient (Wildman–Crippen LogP) is 1.35. The zero-order valence-electron chi connectivity index (χ0n) is 9.86. The summed E-state index contributed by atoms with van der Waals surface area (Å²) in [6.45, 7) is 2.89. The van der Waals surface area contributed by atoms with Crippen LogP contribution in [0.25, 0.3) is 10.9 Å². The smallest absolute Gasteiger partial charge is 0.227 e. The molecule has 1 amide bonds. The first-order valence-electron chi connectivity index (χ1n) is 5.78. The summed E-state index contributed by atoms with van der Waals surface area (Å²) in [5.74, 6) is -0.155. The number of amides is 1. The summed E-state index contributed by atoms with van der Waals surface area (Å²) in [5.41, 5.74) is 7.45. The highest BCUT2D eigenvalue weighted by Gasteiger charge is 2.17. The molecule has 0 spiro atoms. The molecule has 1 atom stereocenters. The third kappa shape index (κ3) is 2.31. The average molecular weight is 231 g/mol. The molecule has 2 rings (SSSR count). The second kappa shape index (κ2) is 5.01. The molecule has 17 heavy (non-hydrogen) atoms. The van der Waals surface area contributed by atoms with E-state index < -0.39 is 0 Å². The van der Waals surface area contributed by atoms with Crippen LogP contribution in [-0.4, -0.2) is 24.0 Å². The Morgan fingerprint density at radius 1 is 1.47 bits per heavy atom. The molecule has 0 saturated carbocycles. The van der Waals surface area contributed by atoms with E-state index in [2.05, 4.69) is 10.3 Å². The summed E-state index contributed by atoms with van der Waals surface area (Å²) in [6.07, 6.45) is 1.90. The molecule has 0 aliphatic rings. The zero-order chi connectivity index (χ0) is 12.3. The number of nitrogens with two attached hydrogens (primary N) is 1. The lowest BCUT2D eigenvalue weighted by Gasteiger charge is -2.10. The molecule has 0 aliphatic carbocycles. The third-order valence-electron chi connectivity index (χ3n) is 2.92. The standard InChI is InChI=1S/C13H17N3O/c1-9(13(17)15-7-6-14)11-8-16-12-5-3-2-4-10(11)12/h2-5,8-9,16H,6-7,14H2,1H3,(H,15,17). The van der Waals surface area contributed by atoms with Gasteiger partial charge in [0, 0.05) is 30.2 Å². The van der Waals surface area contributed by atoms with Gasteiger partial charge in [0.2, 0.25) is 5.91 Å². The summed E-state index contributed by atoms with van der Waals surface area (Å²) in [7, 11) is 0. The van der Waals surface area contributed by atoms with E-state index in [1.165, 1.54) is 0 Å². The Kier molecular flexibility index (Phi) is 3.44. The first-order valence-corrected chi connectivity index (χ1v) is 5.78. The fraction of sp³-hybridized carbons (Fsp3) is 0.308. The van der Waals surface area contributed by atoms with Crippen molar-refractivity contribution in [3.8, 4) is 0 Å². The first kappa shape index (κ1) is 11.7. The lowest BCUT2D eigenvalue weighted by atomic mass is 10.00. The molecule has 2 aromatic rings. The van der Waals surface area contributed by atoms with Gasteiger partial charge in [-0.1, -0.05) is 18.2 Å². The van der Waals surface area contributed by atoms with Crippen LogP contribution in [0.3, 0.4) is 0 Å². The number of carbonyl (C=O) groups is 1. The van der Waals surface area contributed by atoms with Gasteiger partial charge in [0.15, 0.2) is 0 Å². The van der Waals surface area contributed by atoms with Gasteiger partial charge in [-0.3, -0.25) is 4.79 Å². The highest BCUT2D eigenvalue weighted by atomic mass is 16.1. The van der Waals surface area contributed by atoms with Crippen LogP contribution in [0.4, 0.5) is 0 Å². The van der Waals surface area contributed by atoms with Crippen molar-refractivity contribution in [2.45, 2.75) is 12.8 Å². The molecule has 90 valence electrons. The average Bonchev–Trinajstić information content (AvgIpc) is 2.78. The largest absolute Gasteiger partial charge is 0.361 e. The van der Waals surface area contributed by atoms with Gasteiger partial charge in [0.1, 0.15) is 0 Å². The molecule has 0 fully saturated rings. The molecule has 4 nitrogen and oxygen atoms in total. The van der Waals surface area contributed by atoms with E-state index in [0.29, 0.717) is 13.1 Å². The molecule has 0 saturated heterocycles. The minimum atomic E-state index is -0.169. The summed E-state index contributed by atoms with van der Waals surface area (Å²) in [4.78, 5) is 15.0. The van der Waals surface area contributed by atoms with Crippen molar-refractivity contribution in [1.82, 2.24) is 10.3 Å². The van der Waals surface area contributed by atoms with E-state index in [9.17, 15) is 4.79 Å². The fourth-order valence-corrected chi connectivity index (χ4v) is 1.94. The number of para-hydroxylation sites is 1. The monoisotopic (exact) mass is 231 g/mol. The summed E-state index contributed by atoms with van der Waals surface area (Å²) >= 11 is 0. The van der Waals surface area contributed by atoms with Crippen LogP contribution in [0, 0.1) is 0 Å². The zero-order valence-corrected chi connectivity index (χ0v) is 9.86. The third-order valence-corrected chi connectivity index (χ3v) is 2.92. The highest BCUT2D eigenvalue weighted by Crippen LogP contribution is 2.25. The number of fused-ring (bicyclic) bond motifs is 1. The van der Waals surface area contributed by atoms with Gasteiger partial charge in [0.25, 0.3) is 0 Å². The van der Waals surface area contributed by atoms with E-state index in [-0.39, 0.29) is 11.8 Å². The lowest BCUT2D eigenvalue weighted by molar-refractivity contribution is -0.122. The van der Waals surface area contributed by atoms with Crippen molar-refractivity contribution in [2.24, 2.45) is 5.73 Å². The van der Waals surface area contributed by atoms with Gasteiger partial charge in [-0.05, 0) is 18.6 Å². The second-order valence-electron chi connectivity index (χ2n) is 4.09. The van der Waals surface area contributed by atoms with Crippen LogP contribution in [0.15, 0.2) is 30.5 Å². The van der Waals surface area contributed by atoms with Crippen LogP contribution >= 0.6 is 0 Å². The van der Waals surface area contributed by atoms with E-state index >= 15 is 0 Å². The molecular formula is C13H17N3O. The summed E-state index contributed by atoms with van der Waals surface area (Å²) < 4.78 is 0. The van der Waals surface area contributed by atoms with E-state index in [0.717, 1.165) is 16.5 Å². The fourth-order valence-electron chi connectivity index (χ4n) is 1.94. The number of H-pyrrole nitrogens is 1. The minimum absolute atomic E-state index is 0.0141. The molecule has 1 heterocycles. The number of benzene rings is 1. The van der Waals surface area contributed by atoms with E-state index in [4.69, 9.17) is 5.73 Å². The van der Waals surface area contributed by atoms with Gasteiger partial charge >= 0.3 is 0 Å². The van der Waals surface area contributed by atoms with Gasteiger partial charge in [-0.2, -0.15) is 0 Å². The predicted molar refractivity (Wildman–Crippen MR) is 68.8 cm³/mol. The molecular weight excluding hydrogens is 214 g/mol. The number of aromatic amines is 1. The topological polar surface area (TPSA) is 70.9 Å². The molecule has 0 bridgehead atoms. The van der Waals surface area contributed by atoms with Crippen LogP contribution in [0.2, 0.25) is 0 Å². The molecule has 4 N–H and O–H groups in total. The molecule has 1 unspecified atom stereocenters. The Morgan fingerprint density at radius 3 is 3.00 bits per heavy atom. The van der Waals surface area contributed by atoms with Gasteiger partial charge in [-0.15, -0.1) is 0 Å². The molecule has 1 aromatic heterocycles. The number of rotatable bonds is 4. The van der Waals surface area contributed by atoms with E-state index in [1.54, 1.807) is 0 Å². The molecule has 0 radical (unpaired) electrons. The van der Waals surface area contributed by atoms with Crippen LogP contribution in [0.1, 0.15) is 18.4 Å². The molecule has 4 heteroatoms. The number of hydrogen-bond acceptors (Lipinski definition) is 2. The maximum absolute atomic E-state index is 11.9. The second-order valence-corrected chi connectivity index (χ2v) is 4.09. The number of hydrogen-bond donors (Lipinski definition) is 3. The number of carbonyl (C=O) groups excluding carboxylic acids is 1. The maximum atomic E-state index is 11.9. The van der Waals surface area contributed by atoms with Crippen molar-refractivity contribution in [2.75, 3.05) is 13.1 Å². The van der Waals surface area contributed by atoms with Gasteiger partial charge in [0.05, 0.1) is 5.92 Å². The van der Waals surface area contributed by atoms with E-state index in [1.807, 2.05) is 37.4 Å². The summed E-state index contributed by atoms with van der Waals surface area (Å²) in [5, 5.41) is 3.91. The van der Waals surface area contributed by atoms with Gasteiger partial charge in [-0.25, -0.2) is 0 Å². The van der Waals surface area contributed by atoms with Crippen molar-refractivity contribution in [3.05, 3.63) is 36.0 Å². The Morgan fingerprint density at radius 2 is 2.24 bits per heavy atom. The SMILES string of the molecule is CC(C(=O)NCCN)c1c[nH]c2ccccc12. The Balaban J connectivity index is 2.24. The van der Waals surface area contributed by atoms with Crippen molar-refractivity contribution < 1.29 is 4.79 Å². The number of aromatic nitrogens is 1. The molecule has 0 aliphatic heterocycles. The van der Waals surface area contributed by atoms with Crippen LogP contribution in [-0.2, 0) is 4.79 Å². The van der Waals surface area contributed by atoms with Crippen molar-refractivity contribution >= 4 is 16.8 Å². The van der Waals surface area contributed by atoms with Crippen LogP contribution < -0.4 is 11.1 Å². The molecule has 1 aromatic carbocycles.